The minimum absolute atomic E-state index is 0.0282. The summed E-state index contributed by atoms with van der Waals surface area (Å²) in [5, 5.41) is 2.73. The Bertz CT molecular complexity index is 512. The van der Waals surface area contributed by atoms with Gasteiger partial charge in [0.15, 0.2) is 11.6 Å². The predicted octanol–water partition coefficient (Wildman–Crippen LogP) is 2.80. The fourth-order valence-corrected chi connectivity index (χ4v) is 1.56. The molecule has 0 aliphatic carbocycles. The van der Waals surface area contributed by atoms with Gasteiger partial charge in [0.05, 0.1) is 12.0 Å². The minimum Gasteiger partial charge on any atom is -0.383 e. The maximum Gasteiger partial charge on any atom is 0.161 e. The van der Waals surface area contributed by atoms with Gasteiger partial charge in [0.25, 0.3) is 0 Å². The van der Waals surface area contributed by atoms with Gasteiger partial charge in [-0.25, -0.2) is 18.2 Å². The number of rotatable bonds is 5. The van der Waals surface area contributed by atoms with Crippen molar-refractivity contribution < 1.29 is 13.2 Å². The van der Waals surface area contributed by atoms with Crippen molar-refractivity contribution in [3.05, 3.63) is 48.3 Å². The van der Waals surface area contributed by atoms with Gasteiger partial charge in [0.1, 0.15) is 5.82 Å². The summed E-state index contributed by atoms with van der Waals surface area (Å²) in [5.41, 5.74) is -0.0282. The zero-order chi connectivity index (χ0) is 13.0. The van der Waals surface area contributed by atoms with Crippen molar-refractivity contribution in [2.24, 2.45) is 0 Å². The summed E-state index contributed by atoms with van der Waals surface area (Å²) in [6.07, 6.45) is 5.88. The molecule has 96 valence electrons. The number of nitrogens with zero attached hydrogens (tertiary/aromatic N) is 2. The molecule has 0 aliphatic heterocycles. The first kappa shape index (κ1) is 12.5. The third kappa shape index (κ3) is 3.03. The van der Waals surface area contributed by atoms with Crippen LogP contribution >= 0.6 is 0 Å². The molecule has 1 N–H and O–H groups in total. The molecule has 1 heterocycles. The van der Waals surface area contributed by atoms with Gasteiger partial charge < -0.3 is 9.88 Å². The van der Waals surface area contributed by atoms with Crippen molar-refractivity contribution >= 4 is 5.69 Å². The molecule has 0 amide bonds. The summed E-state index contributed by atoms with van der Waals surface area (Å²) in [6, 6.07) is 1.36. The molecule has 0 aliphatic rings. The minimum atomic E-state index is -1.18. The van der Waals surface area contributed by atoms with E-state index in [1.54, 1.807) is 12.5 Å². The topological polar surface area (TPSA) is 29.9 Å². The number of benzene rings is 1. The van der Waals surface area contributed by atoms with E-state index in [1.807, 2.05) is 10.8 Å². The van der Waals surface area contributed by atoms with Crippen LogP contribution in [0.5, 0.6) is 0 Å². The number of aromatic nitrogens is 2. The van der Waals surface area contributed by atoms with Crippen LogP contribution in [0, 0.1) is 17.5 Å². The van der Waals surface area contributed by atoms with E-state index >= 15 is 0 Å². The van der Waals surface area contributed by atoms with Crippen molar-refractivity contribution in [1.29, 1.82) is 0 Å². The van der Waals surface area contributed by atoms with E-state index < -0.39 is 17.5 Å². The van der Waals surface area contributed by atoms with Crippen LogP contribution in [-0.2, 0) is 6.54 Å². The van der Waals surface area contributed by atoms with Crippen LogP contribution in [0.2, 0.25) is 0 Å². The van der Waals surface area contributed by atoms with Gasteiger partial charge in [-0.1, -0.05) is 0 Å². The lowest BCUT2D eigenvalue weighted by atomic mass is 10.2. The smallest absolute Gasteiger partial charge is 0.161 e. The van der Waals surface area contributed by atoms with Gasteiger partial charge in [0, 0.05) is 37.6 Å². The third-order valence-electron chi connectivity index (χ3n) is 2.48. The first-order chi connectivity index (χ1) is 8.66. The van der Waals surface area contributed by atoms with Crippen molar-refractivity contribution in [3.63, 3.8) is 0 Å². The number of halogens is 3. The molecule has 0 spiro atoms. The van der Waals surface area contributed by atoms with Crippen LogP contribution in [0.1, 0.15) is 6.42 Å². The zero-order valence-electron chi connectivity index (χ0n) is 9.54. The quantitative estimate of drug-likeness (QED) is 0.657. The molecule has 0 bridgehead atoms. The van der Waals surface area contributed by atoms with Crippen molar-refractivity contribution in [3.8, 4) is 0 Å². The van der Waals surface area contributed by atoms with Gasteiger partial charge in [-0.15, -0.1) is 0 Å². The highest BCUT2D eigenvalue weighted by atomic mass is 19.2. The molecule has 0 saturated heterocycles. The van der Waals surface area contributed by atoms with Crippen LogP contribution < -0.4 is 5.32 Å². The Kier molecular flexibility index (Phi) is 3.86. The summed E-state index contributed by atoms with van der Waals surface area (Å²) in [6.45, 7) is 1.18. The molecule has 1 aromatic carbocycles. The Morgan fingerprint density at radius 1 is 1.11 bits per heavy atom. The fraction of sp³-hybridized carbons (Fsp3) is 0.250. The first-order valence-corrected chi connectivity index (χ1v) is 5.51. The molecule has 0 unspecified atom stereocenters. The summed E-state index contributed by atoms with van der Waals surface area (Å²) in [7, 11) is 0. The summed E-state index contributed by atoms with van der Waals surface area (Å²) in [4.78, 5) is 3.89. The number of aryl methyl sites for hydroxylation is 1. The standard InChI is InChI=1S/C12H12F3N3/c13-9-6-11(15)12(7-10(9)14)17-2-1-4-18-5-3-16-8-18/h3,5-8,17H,1-2,4H2. The van der Waals surface area contributed by atoms with Gasteiger partial charge in [-0.3, -0.25) is 0 Å². The van der Waals surface area contributed by atoms with Crippen LogP contribution in [0.25, 0.3) is 0 Å². The monoisotopic (exact) mass is 255 g/mol. The number of anilines is 1. The molecule has 0 saturated carbocycles. The largest absolute Gasteiger partial charge is 0.383 e. The van der Waals surface area contributed by atoms with Crippen molar-refractivity contribution in [2.75, 3.05) is 11.9 Å². The molecule has 0 radical (unpaired) electrons. The normalized spacial score (nSPS) is 10.6. The maximum absolute atomic E-state index is 13.2. The Labute approximate surface area is 102 Å². The molecule has 0 atom stereocenters. The predicted molar refractivity (Wildman–Crippen MR) is 61.6 cm³/mol. The average Bonchev–Trinajstić information content (AvgIpc) is 2.84. The van der Waals surface area contributed by atoms with Gasteiger partial charge in [-0.05, 0) is 6.42 Å². The van der Waals surface area contributed by atoms with E-state index in [-0.39, 0.29) is 5.69 Å². The summed E-state index contributed by atoms with van der Waals surface area (Å²) < 4.78 is 40.7. The van der Waals surface area contributed by atoms with Gasteiger partial charge >= 0.3 is 0 Å². The second-order valence-electron chi connectivity index (χ2n) is 3.83. The first-order valence-electron chi connectivity index (χ1n) is 5.51. The number of imidazole rings is 1. The Hall–Kier alpha value is -1.98. The van der Waals surface area contributed by atoms with Gasteiger partial charge in [0.2, 0.25) is 0 Å². The molecule has 6 heteroatoms. The van der Waals surface area contributed by atoms with E-state index in [9.17, 15) is 13.2 Å². The lowest BCUT2D eigenvalue weighted by molar-refractivity contribution is 0.496. The molecular weight excluding hydrogens is 243 g/mol. The third-order valence-corrected chi connectivity index (χ3v) is 2.48. The second-order valence-corrected chi connectivity index (χ2v) is 3.83. The van der Waals surface area contributed by atoms with Crippen molar-refractivity contribution in [1.82, 2.24) is 9.55 Å². The van der Waals surface area contributed by atoms with E-state index in [0.29, 0.717) is 12.6 Å². The number of nitrogens with one attached hydrogen (secondary N) is 1. The molecule has 2 rings (SSSR count). The van der Waals surface area contributed by atoms with E-state index in [1.165, 1.54) is 0 Å². The zero-order valence-corrected chi connectivity index (χ0v) is 9.54. The lowest BCUT2D eigenvalue weighted by Gasteiger charge is -2.08. The van der Waals surface area contributed by atoms with Gasteiger partial charge in [-0.2, -0.15) is 0 Å². The molecular formula is C12H12F3N3. The Morgan fingerprint density at radius 3 is 2.61 bits per heavy atom. The van der Waals surface area contributed by atoms with Crippen molar-refractivity contribution in [2.45, 2.75) is 13.0 Å². The van der Waals surface area contributed by atoms with Crippen LogP contribution in [0.4, 0.5) is 18.9 Å². The highest BCUT2D eigenvalue weighted by Crippen LogP contribution is 2.18. The second kappa shape index (κ2) is 5.57. The molecule has 18 heavy (non-hydrogen) atoms. The van der Waals surface area contributed by atoms with E-state index in [4.69, 9.17) is 0 Å². The van der Waals surface area contributed by atoms with Crippen LogP contribution in [0.3, 0.4) is 0 Å². The summed E-state index contributed by atoms with van der Waals surface area (Å²) >= 11 is 0. The Morgan fingerprint density at radius 2 is 1.89 bits per heavy atom. The van der Waals surface area contributed by atoms with E-state index in [2.05, 4.69) is 10.3 Å². The summed E-state index contributed by atoms with van der Waals surface area (Å²) in [5.74, 6) is -3.04. The Balaban J connectivity index is 1.85. The highest BCUT2D eigenvalue weighted by molar-refractivity contribution is 5.45. The average molecular weight is 255 g/mol. The number of hydrogen-bond donors (Lipinski definition) is 1. The molecule has 0 fully saturated rings. The van der Waals surface area contributed by atoms with E-state index in [0.717, 1.165) is 19.0 Å². The maximum atomic E-state index is 13.2. The van der Waals surface area contributed by atoms with Crippen LogP contribution in [-0.4, -0.2) is 16.1 Å². The molecule has 3 nitrogen and oxygen atoms in total. The lowest BCUT2D eigenvalue weighted by Crippen LogP contribution is -2.07. The fourth-order valence-electron chi connectivity index (χ4n) is 1.56. The molecule has 1 aromatic heterocycles. The van der Waals surface area contributed by atoms with Crippen LogP contribution in [0.15, 0.2) is 30.9 Å². The molecule has 2 aromatic rings. The number of hydrogen-bond acceptors (Lipinski definition) is 2. The highest BCUT2D eigenvalue weighted by Gasteiger charge is 2.08. The SMILES string of the molecule is Fc1cc(F)c(NCCCn2ccnc2)cc1F.